The zero-order valence-electron chi connectivity index (χ0n) is 23.6. The van der Waals surface area contributed by atoms with Crippen molar-refractivity contribution < 1.29 is 26.9 Å². The summed E-state index contributed by atoms with van der Waals surface area (Å²) in [5.74, 6) is 0.0434. The normalized spacial score (nSPS) is 16.9. The van der Waals surface area contributed by atoms with E-state index in [1.165, 1.54) is 24.0 Å². The third kappa shape index (κ3) is 11.0. The molecule has 2 atom stereocenters. The van der Waals surface area contributed by atoms with Crippen molar-refractivity contribution >= 4 is 17.4 Å². The first-order chi connectivity index (χ1) is 21.0. The van der Waals surface area contributed by atoms with Gasteiger partial charge in [-0.3, -0.25) is 19.1 Å². The first-order valence-corrected chi connectivity index (χ1v) is 14.6. The van der Waals surface area contributed by atoms with Crippen molar-refractivity contribution in [2.24, 2.45) is 9.98 Å². The number of hydrogen-bond acceptors (Lipinski definition) is 8. The van der Waals surface area contributed by atoms with E-state index in [2.05, 4.69) is 47.0 Å². The molecule has 1 saturated heterocycles. The van der Waals surface area contributed by atoms with Crippen LogP contribution in [0.25, 0.3) is 0 Å². The lowest BCUT2D eigenvalue weighted by molar-refractivity contribution is -0.109. The molecule has 3 aromatic rings. The molecule has 0 spiro atoms. The molecule has 1 aromatic heterocycles. The Kier molecular flexibility index (Phi) is 14.4. The first kappa shape index (κ1) is 33.5. The number of fused-ring (bicyclic) bond motifs is 1. The van der Waals surface area contributed by atoms with E-state index in [0.29, 0.717) is 49.1 Å². The number of ether oxygens (including phenoxy) is 1. The van der Waals surface area contributed by atoms with E-state index in [1.54, 1.807) is 24.5 Å². The standard InChI is InChI=1S/C18H18F2N6O2S.C10H13NO.CH3F/c19-18(20)28-13-1-3-14(4-2-13)29(27)26-9-7-25(8-10-26)16-5-6-22-15-11-21-12-23-17(15)24-16;12-9-11-8-4-7-10-5-2-1-3-6-10;1-2/h1-6,11-12,16,18H,7-10H2;1-3,5-6,9H,4,7-8H2,(H,11,12);1H3. The van der Waals surface area contributed by atoms with Gasteiger partial charge in [0.25, 0.3) is 0 Å². The third-order valence-corrected chi connectivity index (χ3v) is 7.75. The first-order valence-electron chi connectivity index (χ1n) is 13.5. The van der Waals surface area contributed by atoms with Crippen LogP contribution in [0.2, 0.25) is 0 Å². The Bertz CT molecular complexity index is 1430. The van der Waals surface area contributed by atoms with Crippen LogP contribution in [0.1, 0.15) is 12.0 Å². The maximum Gasteiger partial charge on any atom is 0.387 e. The Balaban J connectivity index is 0.000000303. The van der Waals surface area contributed by atoms with Crippen molar-refractivity contribution in [2.45, 2.75) is 30.5 Å². The van der Waals surface area contributed by atoms with E-state index < -0.39 is 17.6 Å². The van der Waals surface area contributed by atoms with Crippen LogP contribution in [-0.2, 0) is 22.2 Å². The molecule has 0 saturated carbocycles. The van der Waals surface area contributed by atoms with Gasteiger partial charge >= 0.3 is 6.61 Å². The van der Waals surface area contributed by atoms with Crippen LogP contribution in [0.5, 0.6) is 5.75 Å². The predicted octanol–water partition coefficient (Wildman–Crippen LogP) is 2.46. The number of benzene rings is 2. The number of halogens is 3. The van der Waals surface area contributed by atoms with E-state index in [-0.39, 0.29) is 11.9 Å². The zero-order valence-corrected chi connectivity index (χ0v) is 24.5. The number of alkyl halides is 3. The highest BCUT2D eigenvalue weighted by atomic mass is 32.2. The minimum absolute atomic E-state index is 0.0434. The second kappa shape index (κ2) is 18.5. The third-order valence-electron chi connectivity index (χ3n) is 6.24. The largest absolute Gasteiger partial charge is 0.435 e. The summed E-state index contributed by atoms with van der Waals surface area (Å²) >= 11 is 0. The zero-order chi connectivity index (χ0) is 30.9. The topological polar surface area (TPSA) is 112 Å². The van der Waals surface area contributed by atoms with Gasteiger partial charge in [0.1, 0.15) is 34.6 Å². The Labute approximate surface area is 250 Å². The number of hydrogen-bond donors (Lipinski definition) is 1. The SMILES string of the molecule is CF.O=CNCCCc1ccccc1.O=S(c1ccc(OC(F)F)cc1)N1CCN(C2C=CN=c3cncnc3=N2)CC1. The number of nitrogens with zero attached hydrogens (tertiary/aromatic N) is 6. The summed E-state index contributed by atoms with van der Waals surface area (Å²) in [4.78, 5) is 29.7. The van der Waals surface area contributed by atoms with Gasteiger partial charge in [-0.25, -0.2) is 23.5 Å². The van der Waals surface area contributed by atoms with Crippen LogP contribution in [0, 0.1) is 0 Å². The van der Waals surface area contributed by atoms with Crippen LogP contribution in [-0.4, -0.2) is 82.5 Å². The van der Waals surface area contributed by atoms with E-state index in [9.17, 15) is 22.2 Å². The van der Waals surface area contributed by atoms with Gasteiger partial charge in [0.05, 0.1) is 18.3 Å². The molecule has 0 aliphatic carbocycles. The van der Waals surface area contributed by atoms with Crippen LogP contribution in [0.15, 0.2) is 94.3 Å². The highest BCUT2D eigenvalue weighted by Crippen LogP contribution is 2.20. The number of piperazine rings is 1. The summed E-state index contributed by atoms with van der Waals surface area (Å²) in [6.07, 6.45) is 9.25. The van der Waals surface area contributed by atoms with Crippen molar-refractivity contribution in [3.05, 3.63) is 95.8 Å². The van der Waals surface area contributed by atoms with Crippen molar-refractivity contribution in [3.63, 3.8) is 0 Å². The Morgan fingerprint density at radius 3 is 2.47 bits per heavy atom. The lowest BCUT2D eigenvalue weighted by Crippen LogP contribution is -2.50. The highest BCUT2D eigenvalue weighted by molar-refractivity contribution is 7.82. The van der Waals surface area contributed by atoms with Crippen molar-refractivity contribution in [1.29, 1.82) is 0 Å². The van der Waals surface area contributed by atoms with E-state index in [1.807, 2.05) is 28.6 Å². The predicted molar refractivity (Wildman–Crippen MR) is 156 cm³/mol. The van der Waals surface area contributed by atoms with Crippen LogP contribution >= 0.6 is 0 Å². The van der Waals surface area contributed by atoms with Gasteiger partial charge in [0, 0.05) is 38.9 Å². The molecule has 0 radical (unpaired) electrons. The van der Waals surface area contributed by atoms with Crippen LogP contribution < -0.4 is 20.9 Å². The quantitative estimate of drug-likeness (QED) is 0.277. The number of carbonyl (C=O) groups is 1. The molecule has 5 rings (SSSR count). The molecule has 2 aliphatic heterocycles. The summed E-state index contributed by atoms with van der Waals surface area (Å²) in [6.45, 7) is 0.367. The average molecular weight is 618 g/mol. The van der Waals surface area contributed by atoms with Crippen molar-refractivity contribution in [2.75, 3.05) is 39.9 Å². The average Bonchev–Trinajstić information content (AvgIpc) is 3.28. The minimum atomic E-state index is -2.88. The van der Waals surface area contributed by atoms with Gasteiger partial charge in [0.15, 0.2) is 5.49 Å². The van der Waals surface area contributed by atoms with E-state index in [0.717, 1.165) is 25.8 Å². The Hall–Kier alpha value is -4.01. The molecule has 1 amide bonds. The number of amides is 1. The minimum Gasteiger partial charge on any atom is -0.435 e. The second-order valence-corrected chi connectivity index (χ2v) is 10.5. The number of aromatic nitrogens is 2. The van der Waals surface area contributed by atoms with Gasteiger partial charge in [-0.05, 0) is 48.7 Å². The summed E-state index contributed by atoms with van der Waals surface area (Å²) in [6, 6.07) is 16.1. The molecule has 230 valence electrons. The molecule has 2 aromatic carbocycles. The molecule has 10 nitrogen and oxygen atoms in total. The summed E-state index contributed by atoms with van der Waals surface area (Å²) in [5, 5.41) is 3.27. The number of carbonyl (C=O) groups excluding carboxylic acids is 1. The van der Waals surface area contributed by atoms with Crippen LogP contribution in [0.4, 0.5) is 13.2 Å². The molecule has 2 unspecified atom stereocenters. The molecule has 1 N–H and O–H groups in total. The molecule has 43 heavy (non-hydrogen) atoms. The van der Waals surface area contributed by atoms with Gasteiger partial charge < -0.3 is 10.1 Å². The fourth-order valence-electron chi connectivity index (χ4n) is 4.20. The number of nitrogens with one attached hydrogen (secondary N) is 1. The second-order valence-electron chi connectivity index (χ2n) is 8.97. The fourth-order valence-corrected chi connectivity index (χ4v) is 5.36. The van der Waals surface area contributed by atoms with E-state index in [4.69, 9.17) is 0 Å². The number of aryl methyl sites for hydroxylation is 1. The maximum absolute atomic E-state index is 12.8. The van der Waals surface area contributed by atoms with Crippen molar-refractivity contribution in [3.8, 4) is 5.75 Å². The van der Waals surface area contributed by atoms with Gasteiger partial charge in [-0.2, -0.15) is 8.78 Å². The summed E-state index contributed by atoms with van der Waals surface area (Å²) in [7, 11) is -0.874. The molecule has 3 heterocycles. The lowest BCUT2D eigenvalue weighted by atomic mass is 10.1. The van der Waals surface area contributed by atoms with E-state index >= 15 is 0 Å². The molecule has 2 aliphatic rings. The van der Waals surface area contributed by atoms with Crippen LogP contribution in [0.3, 0.4) is 0 Å². The molecule has 14 heteroatoms. The Morgan fingerprint density at radius 1 is 1.07 bits per heavy atom. The maximum atomic E-state index is 12.8. The van der Waals surface area contributed by atoms with Gasteiger partial charge in [0.2, 0.25) is 6.41 Å². The molecular weight excluding hydrogens is 583 g/mol. The monoisotopic (exact) mass is 617 g/mol. The number of rotatable bonds is 10. The van der Waals surface area contributed by atoms with Gasteiger partial charge in [-0.15, -0.1) is 0 Å². The fraction of sp³-hybridized carbons (Fsp3) is 0.345. The molecular formula is C29H34F3N7O3S. The lowest BCUT2D eigenvalue weighted by Gasteiger charge is -2.35. The molecule has 1 fully saturated rings. The van der Waals surface area contributed by atoms with Gasteiger partial charge in [-0.1, -0.05) is 30.3 Å². The van der Waals surface area contributed by atoms with Crippen molar-refractivity contribution in [1.82, 2.24) is 24.5 Å². The summed E-state index contributed by atoms with van der Waals surface area (Å²) < 4.78 is 53.0. The summed E-state index contributed by atoms with van der Waals surface area (Å²) in [5.41, 5.74) is 1.87. The smallest absolute Gasteiger partial charge is 0.387 e. The molecule has 0 bridgehead atoms. The Morgan fingerprint density at radius 2 is 1.79 bits per heavy atom. The highest BCUT2D eigenvalue weighted by Gasteiger charge is 2.26.